The monoisotopic (exact) mass is 546 g/mol. The Morgan fingerprint density at radius 3 is 2.10 bits per heavy atom. The van der Waals surface area contributed by atoms with Crippen molar-refractivity contribution in [2.45, 2.75) is 31.2 Å². The van der Waals surface area contributed by atoms with E-state index in [4.69, 9.17) is 23.7 Å². The maximum absolute atomic E-state index is 13.7. The van der Waals surface area contributed by atoms with Gasteiger partial charge >= 0.3 is 6.18 Å². The quantitative estimate of drug-likeness (QED) is 0.466. The minimum atomic E-state index is -4.90. The van der Waals surface area contributed by atoms with Crippen LogP contribution in [0.1, 0.15) is 46.1 Å². The molecule has 1 saturated heterocycles. The summed E-state index contributed by atoms with van der Waals surface area (Å²) in [6.07, 6.45) is -4.70. The van der Waals surface area contributed by atoms with Gasteiger partial charge in [-0.15, -0.1) is 0 Å². The second kappa shape index (κ2) is 10.5. The summed E-state index contributed by atoms with van der Waals surface area (Å²) < 4.78 is 68.6. The predicted octanol–water partition coefficient (Wildman–Crippen LogP) is 4.59. The lowest BCUT2D eigenvalue weighted by molar-refractivity contribution is -0.143. The van der Waals surface area contributed by atoms with E-state index in [1.165, 1.54) is 14.2 Å². The van der Waals surface area contributed by atoms with Crippen LogP contribution in [0.2, 0.25) is 0 Å². The Morgan fingerprint density at radius 1 is 0.974 bits per heavy atom. The molecule has 0 atom stereocenters. The van der Waals surface area contributed by atoms with Crippen molar-refractivity contribution in [3.8, 4) is 28.7 Å². The van der Waals surface area contributed by atoms with Gasteiger partial charge < -0.3 is 34.0 Å². The SMILES string of the molecule is COc1ccc2c(c1)Oc1cc(OC)ccc1C2NC(=O)c1cc(OC2CCOCC2)c(C(F)(F)F)[nH]c1=O. The molecular weight excluding hydrogens is 521 g/mol. The first-order valence-corrected chi connectivity index (χ1v) is 12.1. The number of halogens is 3. The Kier molecular flexibility index (Phi) is 7.13. The van der Waals surface area contributed by atoms with Gasteiger partial charge in [0.15, 0.2) is 5.69 Å². The molecule has 9 nitrogen and oxygen atoms in total. The van der Waals surface area contributed by atoms with Crippen LogP contribution in [-0.2, 0) is 10.9 Å². The molecule has 39 heavy (non-hydrogen) atoms. The lowest BCUT2D eigenvalue weighted by atomic mass is 9.94. The third kappa shape index (κ3) is 5.37. The van der Waals surface area contributed by atoms with Crippen molar-refractivity contribution in [1.82, 2.24) is 10.3 Å². The zero-order valence-electron chi connectivity index (χ0n) is 21.0. The van der Waals surface area contributed by atoms with Gasteiger partial charge in [0.2, 0.25) is 0 Å². The molecule has 206 valence electrons. The highest BCUT2D eigenvalue weighted by molar-refractivity contribution is 5.95. The number of benzene rings is 2. The number of pyridine rings is 1. The first kappa shape index (κ1) is 26.4. The summed E-state index contributed by atoms with van der Waals surface area (Å²) in [6, 6.07) is 10.1. The summed E-state index contributed by atoms with van der Waals surface area (Å²) in [5.41, 5.74) is -1.96. The number of hydrogen-bond donors (Lipinski definition) is 2. The first-order chi connectivity index (χ1) is 18.7. The van der Waals surface area contributed by atoms with Crippen LogP contribution in [0.15, 0.2) is 47.3 Å². The summed E-state index contributed by atoms with van der Waals surface area (Å²) in [4.78, 5) is 28.0. The molecule has 0 saturated carbocycles. The fraction of sp³-hybridized carbons (Fsp3) is 0.333. The van der Waals surface area contributed by atoms with E-state index in [0.717, 1.165) is 6.07 Å². The number of methoxy groups -OCH3 is 2. The molecule has 2 aromatic carbocycles. The average Bonchev–Trinajstić information content (AvgIpc) is 2.92. The number of ether oxygens (including phenoxy) is 5. The number of alkyl halides is 3. The highest BCUT2D eigenvalue weighted by atomic mass is 19.4. The van der Waals surface area contributed by atoms with Crippen molar-refractivity contribution in [2.24, 2.45) is 0 Å². The van der Waals surface area contributed by atoms with E-state index in [0.29, 0.717) is 60.2 Å². The Morgan fingerprint density at radius 2 is 1.56 bits per heavy atom. The number of aromatic amines is 1. The molecule has 1 amide bonds. The molecule has 0 spiro atoms. The summed E-state index contributed by atoms with van der Waals surface area (Å²) >= 11 is 0. The third-order valence-corrected chi connectivity index (χ3v) is 6.55. The Balaban J connectivity index is 1.52. The maximum Gasteiger partial charge on any atom is 0.435 e. The van der Waals surface area contributed by atoms with Gasteiger partial charge in [0.25, 0.3) is 11.5 Å². The lowest BCUT2D eigenvalue weighted by Crippen LogP contribution is -2.36. The number of aromatic nitrogens is 1. The molecule has 2 aliphatic rings. The van der Waals surface area contributed by atoms with E-state index >= 15 is 0 Å². The molecule has 0 radical (unpaired) electrons. The van der Waals surface area contributed by atoms with Crippen LogP contribution in [-0.4, -0.2) is 44.4 Å². The van der Waals surface area contributed by atoms with Crippen LogP contribution in [0.4, 0.5) is 13.2 Å². The van der Waals surface area contributed by atoms with Crippen molar-refractivity contribution in [2.75, 3.05) is 27.4 Å². The number of H-pyrrole nitrogens is 1. The molecule has 12 heteroatoms. The lowest BCUT2D eigenvalue weighted by Gasteiger charge is -2.29. The fourth-order valence-electron chi connectivity index (χ4n) is 4.54. The highest BCUT2D eigenvalue weighted by Crippen LogP contribution is 2.45. The summed E-state index contributed by atoms with van der Waals surface area (Å²) in [6.45, 7) is 0.668. The topological polar surface area (TPSA) is 108 Å². The fourth-order valence-corrected chi connectivity index (χ4v) is 4.54. The van der Waals surface area contributed by atoms with Crippen molar-refractivity contribution in [3.05, 3.63) is 75.2 Å². The van der Waals surface area contributed by atoms with E-state index < -0.39 is 46.8 Å². The van der Waals surface area contributed by atoms with Gasteiger partial charge in [0.1, 0.15) is 40.4 Å². The van der Waals surface area contributed by atoms with Gasteiger partial charge in [-0.05, 0) is 24.3 Å². The van der Waals surface area contributed by atoms with Crippen molar-refractivity contribution in [3.63, 3.8) is 0 Å². The molecule has 3 aromatic rings. The Bertz CT molecular complexity index is 1390. The molecule has 3 heterocycles. The minimum Gasteiger partial charge on any atom is -0.497 e. The predicted molar refractivity (Wildman–Crippen MR) is 132 cm³/mol. The van der Waals surface area contributed by atoms with Crippen molar-refractivity contribution >= 4 is 5.91 Å². The van der Waals surface area contributed by atoms with Gasteiger partial charge in [-0.2, -0.15) is 13.2 Å². The zero-order valence-corrected chi connectivity index (χ0v) is 21.0. The van der Waals surface area contributed by atoms with Crippen molar-refractivity contribution in [1.29, 1.82) is 0 Å². The van der Waals surface area contributed by atoms with Gasteiger partial charge in [-0.3, -0.25) is 9.59 Å². The van der Waals surface area contributed by atoms with E-state index in [-0.39, 0.29) is 0 Å². The third-order valence-electron chi connectivity index (χ3n) is 6.55. The average molecular weight is 546 g/mol. The van der Waals surface area contributed by atoms with Crippen LogP contribution >= 0.6 is 0 Å². The highest BCUT2D eigenvalue weighted by Gasteiger charge is 2.38. The van der Waals surface area contributed by atoms with E-state index in [9.17, 15) is 22.8 Å². The molecule has 2 N–H and O–H groups in total. The molecule has 1 fully saturated rings. The molecule has 0 bridgehead atoms. The summed E-state index contributed by atoms with van der Waals surface area (Å²) in [5, 5.41) is 2.78. The zero-order chi connectivity index (χ0) is 27.7. The van der Waals surface area contributed by atoms with Crippen molar-refractivity contribution < 1.29 is 41.7 Å². The minimum absolute atomic E-state index is 0.334. The normalized spacial score (nSPS) is 15.5. The van der Waals surface area contributed by atoms with Gasteiger partial charge in [-0.1, -0.05) is 0 Å². The van der Waals surface area contributed by atoms with E-state index in [1.807, 2.05) is 0 Å². The number of carbonyl (C=O) groups is 1. The van der Waals surface area contributed by atoms with Gasteiger partial charge in [0, 0.05) is 42.2 Å². The van der Waals surface area contributed by atoms with E-state index in [2.05, 4.69) is 5.32 Å². The van der Waals surface area contributed by atoms with Crippen LogP contribution in [0.25, 0.3) is 0 Å². The number of nitrogens with one attached hydrogen (secondary N) is 2. The number of fused-ring (bicyclic) bond motifs is 2. The smallest absolute Gasteiger partial charge is 0.435 e. The molecule has 0 unspecified atom stereocenters. The van der Waals surface area contributed by atoms with Crippen LogP contribution in [0.3, 0.4) is 0 Å². The molecular formula is C27H25F3N2O7. The van der Waals surface area contributed by atoms with E-state index in [1.54, 1.807) is 41.4 Å². The second-order valence-electron chi connectivity index (χ2n) is 8.99. The van der Waals surface area contributed by atoms with Crippen LogP contribution < -0.4 is 29.8 Å². The molecule has 0 aliphatic carbocycles. The second-order valence-corrected chi connectivity index (χ2v) is 8.99. The summed E-state index contributed by atoms with van der Waals surface area (Å²) in [7, 11) is 3.00. The standard InChI is InChI=1S/C27H25F3N2O7/c1-35-15-3-5-17-20(11-15)39-21-12-16(36-2)4-6-18(21)23(17)31-25(33)19-13-22(38-14-7-9-37-10-8-14)24(27(28,29)30)32-26(19)34/h3-6,11-14,23H,7-10H2,1-2H3,(H,31,33)(H,32,34). The molecule has 1 aromatic heterocycles. The molecule has 5 rings (SSSR count). The molecule has 2 aliphatic heterocycles. The Labute approximate surface area is 220 Å². The number of carbonyl (C=O) groups excluding carboxylic acids is 1. The number of amides is 1. The first-order valence-electron chi connectivity index (χ1n) is 12.1. The van der Waals surface area contributed by atoms with Crippen LogP contribution in [0.5, 0.6) is 28.7 Å². The van der Waals surface area contributed by atoms with Crippen LogP contribution in [0, 0.1) is 0 Å². The van der Waals surface area contributed by atoms with Gasteiger partial charge in [-0.25, -0.2) is 0 Å². The maximum atomic E-state index is 13.7. The Hall–Kier alpha value is -4.19. The van der Waals surface area contributed by atoms with Gasteiger partial charge in [0.05, 0.1) is 33.5 Å². The number of hydrogen-bond acceptors (Lipinski definition) is 7. The number of rotatable bonds is 6. The largest absolute Gasteiger partial charge is 0.497 e. The summed E-state index contributed by atoms with van der Waals surface area (Å²) in [5.74, 6) is 0.299.